The number of hydrogen-bond acceptors (Lipinski definition) is 6. The van der Waals surface area contributed by atoms with E-state index in [1.54, 1.807) is 6.07 Å². The molecule has 0 radical (unpaired) electrons. The van der Waals surface area contributed by atoms with Crippen molar-refractivity contribution in [2.45, 2.75) is 38.6 Å². The molecule has 1 fully saturated rings. The van der Waals surface area contributed by atoms with Gasteiger partial charge in [0.25, 0.3) is 11.5 Å². The summed E-state index contributed by atoms with van der Waals surface area (Å²) in [7, 11) is 1.96. The van der Waals surface area contributed by atoms with E-state index in [9.17, 15) is 18.4 Å². The van der Waals surface area contributed by atoms with Crippen molar-refractivity contribution in [2.24, 2.45) is 12.8 Å². The molecule has 0 unspecified atom stereocenters. The Labute approximate surface area is 217 Å². The Morgan fingerprint density at radius 1 is 1.08 bits per heavy atom. The summed E-state index contributed by atoms with van der Waals surface area (Å²) in [6.07, 6.45) is 0.795. The molecule has 198 valence electrons. The molecule has 2 aromatic carbocycles. The van der Waals surface area contributed by atoms with Gasteiger partial charge in [0, 0.05) is 37.7 Å². The monoisotopic (exact) mass is 521 g/mol. The molecule has 0 bridgehead atoms. The number of hydrogen-bond donors (Lipinski definition) is 2. The minimum absolute atomic E-state index is 0.0134. The third-order valence-corrected chi connectivity index (χ3v) is 6.67. The molecule has 1 aliphatic heterocycles. The lowest BCUT2D eigenvalue weighted by atomic mass is 9.96. The number of benzene rings is 2. The first kappa shape index (κ1) is 25.5. The lowest BCUT2D eigenvalue weighted by Crippen LogP contribution is -2.28. The maximum atomic E-state index is 14.4. The fourth-order valence-corrected chi connectivity index (χ4v) is 4.90. The van der Waals surface area contributed by atoms with Gasteiger partial charge in [0.05, 0.1) is 16.9 Å². The fraction of sp³-hybridized carbons (Fsp3) is 0.333. The van der Waals surface area contributed by atoms with Crippen molar-refractivity contribution >= 4 is 28.3 Å². The zero-order chi connectivity index (χ0) is 27.4. The molecule has 0 saturated carbocycles. The molecule has 3 heterocycles. The number of para-hydroxylation sites is 1. The fourth-order valence-electron chi connectivity index (χ4n) is 4.90. The minimum atomic E-state index is -0.972. The molecule has 4 aromatic rings. The highest BCUT2D eigenvalue weighted by Crippen LogP contribution is 2.38. The number of amides is 1. The summed E-state index contributed by atoms with van der Waals surface area (Å²) in [6, 6.07) is 9.14. The van der Waals surface area contributed by atoms with Crippen LogP contribution < -0.4 is 21.5 Å². The topological polar surface area (TPSA) is 111 Å². The van der Waals surface area contributed by atoms with Crippen molar-refractivity contribution in [1.29, 1.82) is 0 Å². The van der Waals surface area contributed by atoms with Gasteiger partial charge in [-0.1, -0.05) is 26.8 Å². The SMILES string of the molecule is Cn1c(C(C)(C)C)nc2c(N3CC[C@@H](N)C3)c(NC(=O)c3ccc(=O)n(-c4c(F)cccc4F)n3)ccc21. The number of carbonyl (C=O) groups excluding carboxylic acids is 1. The molecule has 1 saturated heterocycles. The van der Waals surface area contributed by atoms with Gasteiger partial charge in [-0.25, -0.2) is 13.8 Å². The summed E-state index contributed by atoms with van der Waals surface area (Å²) in [5, 5.41) is 6.84. The average molecular weight is 522 g/mol. The van der Waals surface area contributed by atoms with Crippen LogP contribution >= 0.6 is 0 Å². The molecular formula is C27H29F2N7O2. The van der Waals surface area contributed by atoms with E-state index >= 15 is 0 Å². The molecule has 11 heteroatoms. The smallest absolute Gasteiger partial charge is 0.276 e. The van der Waals surface area contributed by atoms with E-state index in [1.807, 2.05) is 17.7 Å². The van der Waals surface area contributed by atoms with Gasteiger partial charge in [-0.3, -0.25) is 9.59 Å². The number of fused-ring (bicyclic) bond motifs is 1. The van der Waals surface area contributed by atoms with Gasteiger partial charge in [0.2, 0.25) is 0 Å². The van der Waals surface area contributed by atoms with Crippen LogP contribution in [0.3, 0.4) is 0 Å². The Bertz CT molecular complexity index is 1600. The van der Waals surface area contributed by atoms with Crippen molar-refractivity contribution in [2.75, 3.05) is 23.3 Å². The highest BCUT2D eigenvalue weighted by atomic mass is 19.1. The maximum Gasteiger partial charge on any atom is 0.276 e. The first-order valence-corrected chi connectivity index (χ1v) is 12.3. The summed E-state index contributed by atoms with van der Waals surface area (Å²) in [6.45, 7) is 7.55. The van der Waals surface area contributed by atoms with E-state index in [0.717, 1.165) is 47.2 Å². The third-order valence-electron chi connectivity index (χ3n) is 6.67. The Hall–Kier alpha value is -4.12. The van der Waals surface area contributed by atoms with E-state index in [4.69, 9.17) is 10.7 Å². The second kappa shape index (κ2) is 9.32. The molecule has 0 spiro atoms. The largest absolute Gasteiger partial charge is 0.366 e. The van der Waals surface area contributed by atoms with Crippen LogP contribution in [0.4, 0.5) is 20.2 Å². The Morgan fingerprint density at radius 2 is 1.79 bits per heavy atom. The first-order valence-electron chi connectivity index (χ1n) is 12.3. The van der Waals surface area contributed by atoms with E-state index in [0.29, 0.717) is 23.5 Å². The maximum absolute atomic E-state index is 14.4. The number of carbonyl (C=O) groups is 1. The Balaban J connectivity index is 1.59. The zero-order valence-corrected chi connectivity index (χ0v) is 21.6. The predicted octanol–water partition coefficient (Wildman–Crippen LogP) is 3.48. The van der Waals surface area contributed by atoms with Gasteiger partial charge in [-0.2, -0.15) is 9.78 Å². The molecule has 0 aliphatic carbocycles. The molecule has 9 nitrogen and oxygen atoms in total. The summed E-state index contributed by atoms with van der Waals surface area (Å²) in [5.41, 5.74) is 7.25. The number of nitrogens with two attached hydrogens (primary N) is 1. The Morgan fingerprint density at radius 3 is 2.42 bits per heavy atom. The van der Waals surface area contributed by atoms with Crippen LogP contribution in [0.1, 0.15) is 43.5 Å². The van der Waals surface area contributed by atoms with Crippen LogP contribution in [0.5, 0.6) is 0 Å². The molecule has 2 aromatic heterocycles. The lowest BCUT2D eigenvalue weighted by molar-refractivity contribution is 0.102. The van der Waals surface area contributed by atoms with Crippen LogP contribution in [0.2, 0.25) is 0 Å². The molecule has 1 amide bonds. The minimum Gasteiger partial charge on any atom is -0.366 e. The van der Waals surface area contributed by atoms with Crippen LogP contribution in [0.15, 0.2) is 47.3 Å². The van der Waals surface area contributed by atoms with Gasteiger partial charge in [-0.15, -0.1) is 0 Å². The highest BCUT2D eigenvalue weighted by molar-refractivity contribution is 6.08. The van der Waals surface area contributed by atoms with Crippen molar-refractivity contribution in [3.8, 4) is 5.69 Å². The lowest BCUT2D eigenvalue weighted by Gasteiger charge is -2.22. The number of rotatable bonds is 4. The van der Waals surface area contributed by atoms with E-state index in [1.165, 1.54) is 12.1 Å². The number of halogens is 2. The highest BCUT2D eigenvalue weighted by Gasteiger charge is 2.29. The second-order valence-corrected chi connectivity index (χ2v) is 10.6. The van der Waals surface area contributed by atoms with Crippen molar-refractivity contribution in [3.05, 3.63) is 76.0 Å². The van der Waals surface area contributed by atoms with E-state index in [-0.39, 0.29) is 17.2 Å². The van der Waals surface area contributed by atoms with Gasteiger partial charge >= 0.3 is 0 Å². The summed E-state index contributed by atoms with van der Waals surface area (Å²) >= 11 is 0. The van der Waals surface area contributed by atoms with E-state index < -0.39 is 28.8 Å². The summed E-state index contributed by atoms with van der Waals surface area (Å²) < 4.78 is 31.3. The zero-order valence-electron chi connectivity index (χ0n) is 21.6. The van der Waals surface area contributed by atoms with Crippen LogP contribution in [0.25, 0.3) is 16.7 Å². The van der Waals surface area contributed by atoms with Gasteiger partial charge < -0.3 is 20.5 Å². The normalized spacial score (nSPS) is 15.9. The quantitative estimate of drug-likeness (QED) is 0.425. The second-order valence-electron chi connectivity index (χ2n) is 10.6. The van der Waals surface area contributed by atoms with Crippen molar-refractivity contribution in [1.82, 2.24) is 19.3 Å². The number of nitrogens with one attached hydrogen (secondary N) is 1. The molecule has 5 rings (SSSR count). The predicted molar refractivity (Wildman–Crippen MR) is 142 cm³/mol. The number of aromatic nitrogens is 4. The van der Waals surface area contributed by atoms with Crippen LogP contribution in [-0.2, 0) is 12.5 Å². The summed E-state index contributed by atoms with van der Waals surface area (Å²) in [4.78, 5) is 32.8. The van der Waals surface area contributed by atoms with Crippen LogP contribution in [0, 0.1) is 11.6 Å². The molecule has 1 aliphatic rings. The first-order chi connectivity index (χ1) is 18.0. The number of aryl methyl sites for hydroxylation is 1. The van der Waals surface area contributed by atoms with Gasteiger partial charge in [0.1, 0.15) is 22.7 Å². The molecular weight excluding hydrogens is 492 g/mol. The summed E-state index contributed by atoms with van der Waals surface area (Å²) in [5.74, 6) is -1.70. The Kier molecular flexibility index (Phi) is 6.26. The number of nitrogens with zero attached hydrogens (tertiary/aromatic N) is 5. The van der Waals surface area contributed by atoms with E-state index in [2.05, 4.69) is 36.1 Å². The standard InChI is InChI=1S/C27H29F2N7O2/c1-27(2,3)26-32-22-20(34(26)4)10-8-18(24(22)35-13-12-15(30)14-35)31-25(38)19-9-11-21(37)36(33-19)23-16(28)6-5-7-17(23)29/h5-11,15H,12-14,30H2,1-4H3,(H,31,38)/t15-/m1/s1. The molecule has 1 atom stereocenters. The van der Waals surface area contributed by atoms with Gasteiger partial charge in [-0.05, 0) is 36.8 Å². The molecule has 3 N–H and O–H groups in total. The van der Waals surface area contributed by atoms with Gasteiger partial charge in [0.15, 0.2) is 11.6 Å². The molecule has 38 heavy (non-hydrogen) atoms. The number of imidazole rings is 1. The number of anilines is 2. The van der Waals surface area contributed by atoms with Crippen molar-refractivity contribution in [3.63, 3.8) is 0 Å². The van der Waals surface area contributed by atoms with Crippen molar-refractivity contribution < 1.29 is 13.6 Å². The average Bonchev–Trinajstić information content (AvgIpc) is 3.43. The van der Waals surface area contributed by atoms with Crippen LogP contribution in [-0.4, -0.2) is 44.4 Å². The third kappa shape index (κ3) is 4.43.